The molecular formula is C7H12OSi. The Morgan fingerprint density at radius 1 is 1.56 bits per heavy atom. The van der Waals surface area contributed by atoms with E-state index in [1.807, 2.05) is 19.2 Å². The zero-order valence-electron chi connectivity index (χ0n) is 5.89. The van der Waals surface area contributed by atoms with Crippen molar-refractivity contribution >= 4 is 8.32 Å². The molecule has 0 heterocycles. The maximum Gasteiger partial charge on any atom is 0.213 e. The summed E-state index contributed by atoms with van der Waals surface area (Å²) in [6.07, 6.45) is 7.23. The van der Waals surface area contributed by atoms with Gasteiger partial charge in [0.05, 0.1) is 0 Å². The largest absolute Gasteiger partial charge is 0.428 e. The molecule has 0 unspecified atom stereocenters. The Bertz CT molecular complexity index is 162. The lowest BCUT2D eigenvalue weighted by Crippen LogP contribution is -2.26. The summed E-state index contributed by atoms with van der Waals surface area (Å²) in [7, 11) is -1.95. The van der Waals surface area contributed by atoms with Crippen molar-refractivity contribution < 1.29 is 4.80 Å². The number of allylic oxidation sites excluding steroid dienone is 4. The molecule has 0 aliphatic heterocycles. The predicted molar refractivity (Wildman–Crippen MR) is 41.5 cm³/mol. The second-order valence-corrected chi connectivity index (χ2v) is 6.55. The van der Waals surface area contributed by atoms with E-state index in [0.717, 1.165) is 6.42 Å². The molecule has 9 heavy (non-hydrogen) atoms. The van der Waals surface area contributed by atoms with Gasteiger partial charge in [-0.2, -0.15) is 0 Å². The van der Waals surface area contributed by atoms with Crippen molar-refractivity contribution in [2.24, 2.45) is 0 Å². The molecule has 0 atom stereocenters. The van der Waals surface area contributed by atoms with E-state index in [4.69, 9.17) is 0 Å². The Morgan fingerprint density at radius 2 is 2.22 bits per heavy atom. The molecule has 0 saturated heterocycles. The fraction of sp³-hybridized carbons (Fsp3) is 0.429. The fourth-order valence-corrected chi connectivity index (χ4v) is 2.05. The van der Waals surface area contributed by atoms with E-state index in [-0.39, 0.29) is 0 Å². The maximum atomic E-state index is 9.54. The van der Waals surface area contributed by atoms with Gasteiger partial charge in [0.1, 0.15) is 0 Å². The van der Waals surface area contributed by atoms with Gasteiger partial charge in [-0.1, -0.05) is 18.2 Å². The molecule has 0 aromatic heterocycles. The first-order valence-electron chi connectivity index (χ1n) is 3.20. The van der Waals surface area contributed by atoms with Gasteiger partial charge in [0.25, 0.3) is 0 Å². The Balaban J connectivity index is 2.73. The smallest absolute Gasteiger partial charge is 0.213 e. The van der Waals surface area contributed by atoms with Gasteiger partial charge in [-0.25, -0.2) is 0 Å². The number of rotatable bonds is 1. The lowest BCUT2D eigenvalue weighted by Gasteiger charge is -2.12. The van der Waals surface area contributed by atoms with E-state index < -0.39 is 8.32 Å². The Labute approximate surface area is 56.8 Å². The Hall–Kier alpha value is -0.343. The minimum atomic E-state index is -1.95. The topological polar surface area (TPSA) is 20.2 Å². The summed E-state index contributed by atoms with van der Waals surface area (Å²) in [5.74, 6) is 0. The highest BCUT2D eigenvalue weighted by atomic mass is 28.4. The minimum Gasteiger partial charge on any atom is -0.428 e. The molecule has 1 aliphatic carbocycles. The molecule has 1 N–H and O–H groups in total. The molecular weight excluding hydrogens is 128 g/mol. The van der Waals surface area contributed by atoms with Crippen LogP contribution >= 0.6 is 0 Å². The van der Waals surface area contributed by atoms with Crippen LogP contribution in [0.1, 0.15) is 6.42 Å². The second-order valence-electron chi connectivity index (χ2n) is 2.86. The van der Waals surface area contributed by atoms with Crippen LogP contribution in [0.3, 0.4) is 0 Å². The SMILES string of the molecule is C[Si](C)(O)C1=CCC=C1. The molecule has 1 nitrogen and oxygen atoms in total. The first-order chi connectivity index (χ1) is 4.11. The molecule has 0 spiro atoms. The Morgan fingerprint density at radius 3 is 2.44 bits per heavy atom. The van der Waals surface area contributed by atoms with Crippen LogP contribution in [0.25, 0.3) is 0 Å². The van der Waals surface area contributed by atoms with Crippen molar-refractivity contribution in [3.8, 4) is 0 Å². The van der Waals surface area contributed by atoms with Gasteiger partial charge >= 0.3 is 0 Å². The standard InChI is InChI=1S/C7H12OSi/c1-9(2,8)7-5-3-4-6-7/h3,5-6,8H,4H2,1-2H3. The summed E-state index contributed by atoms with van der Waals surface area (Å²) < 4.78 is 0. The van der Waals surface area contributed by atoms with Crippen LogP contribution in [-0.4, -0.2) is 13.1 Å². The summed E-state index contributed by atoms with van der Waals surface area (Å²) in [6.45, 7) is 3.88. The van der Waals surface area contributed by atoms with Gasteiger partial charge in [-0.3, -0.25) is 0 Å². The first-order valence-corrected chi connectivity index (χ1v) is 6.15. The summed E-state index contributed by atoms with van der Waals surface area (Å²) in [5.41, 5.74) is 0. The zero-order chi connectivity index (χ0) is 6.91. The van der Waals surface area contributed by atoms with Crippen LogP contribution in [0.4, 0.5) is 0 Å². The number of hydrogen-bond acceptors (Lipinski definition) is 1. The molecule has 0 bridgehead atoms. The van der Waals surface area contributed by atoms with E-state index >= 15 is 0 Å². The van der Waals surface area contributed by atoms with Crippen molar-refractivity contribution in [3.05, 3.63) is 23.4 Å². The molecule has 2 heteroatoms. The third kappa shape index (κ3) is 1.53. The van der Waals surface area contributed by atoms with Gasteiger partial charge in [-0.15, -0.1) is 0 Å². The van der Waals surface area contributed by atoms with Crippen LogP contribution in [0.2, 0.25) is 13.1 Å². The molecule has 0 radical (unpaired) electrons. The molecule has 1 rings (SSSR count). The molecule has 1 aliphatic rings. The lowest BCUT2D eigenvalue weighted by atomic mass is 10.5. The average molecular weight is 140 g/mol. The van der Waals surface area contributed by atoms with Gasteiger partial charge in [0, 0.05) is 0 Å². The normalized spacial score (nSPS) is 18.3. The van der Waals surface area contributed by atoms with Crippen LogP contribution < -0.4 is 0 Å². The van der Waals surface area contributed by atoms with Gasteiger partial charge in [0.15, 0.2) is 0 Å². The van der Waals surface area contributed by atoms with E-state index in [0.29, 0.717) is 0 Å². The summed E-state index contributed by atoms with van der Waals surface area (Å²) in [4.78, 5) is 9.54. The monoisotopic (exact) mass is 140 g/mol. The molecule has 50 valence electrons. The van der Waals surface area contributed by atoms with Crippen molar-refractivity contribution in [1.29, 1.82) is 0 Å². The molecule has 0 saturated carbocycles. The van der Waals surface area contributed by atoms with E-state index in [1.165, 1.54) is 5.20 Å². The third-order valence-electron chi connectivity index (χ3n) is 1.48. The molecule has 0 fully saturated rings. The maximum absolute atomic E-state index is 9.54. The average Bonchev–Trinajstić information content (AvgIpc) is 2.08. The first kappa shape index (κ1) is 6.77. The quantitative estimate of drug-likeness (QED) is 0.549. The second kappa shape index (κ2) is 2.12. The molecule has 0 aromatic rings. The highest BCUT2D eigenvalue weighted by Crippen LogP contribution is 2.18. The van der Waals surface area contributed by atoms with Crippen molar-refractivity contribution in [3.63, 3.8) is 0 Å². The minimum absolute atomic E-state index is 1.01. The summed E-state index contributed by atoms with van der Waals surface area (Å²) in [5, 5.41) is 1.17. The van der Waals surface area contributed by atoms with Crippen LogP contribution in [0, 0.1) is 0 Å². The van der Waals surface area contributed by atoms with Crippen molar-refractivity contribution in [2.45, 2.75) is 19.5 Å². The van der Waals surface area contributed by atoms with Crippen LogP contribution in [-0.2, 0) is 0 Å². The highest BCUT2D eigenvalue weighted by Gasteiger charge is 2.21. The summed E-state index contributed by atoms with van der Waals surface area (Å²) >= 11 is 0. The highest BCUT2D eigenvalue weighted by molar-refractivity contribution is 6.78. The van der Waals surface area contributed by atoms with E-state index in [1.54, 1.807) is 0 Å². The summed E-state index contributed by atoms with van der Waals surface area (Å²) in [6, 6.07) is 0. The lowest BCUT2D eigenvalue weighted by molar-refractivity contribution is 0.564. The zero-order valence-corrected chi connectivity index (χ0v) is 6.89. The van der Waals surface area contributed by atoms with Crippen molar-refractivity contribution in [1.82, 2.24) is 0 Å². The molecule has 0 aromatic carbocycles. The van der Waals surface area contributed by atoms with Crippen LogP contribution in [0.15, 0.2) is 23.4 Å². The van der Waals surface area contributed by atoms with Crippen molar-refractivity contribution in [2.75, 3.05) is 0 Å². The van der Waals surface area contributed by atoms with Crippen LogP contribution in [0.5, 0.6) is 0 Å². The predicted octanol–water partition coefficient (Wildman–Crippen LogP) is 1.61. The number of hydrogen-bond donors (Lipinski definition) is 1. The van der Waals surface area contributed by atoms with E-state index in [2.05, 4.69) is 12.2 Å². The Kier molecular flexibility index (Phi) is 1.59. The molecule has 0 amide bonds. The van der Waals surface area contributed by atoms with E-state index in [9.17, 15) is 4.80 Å². The third-order valence-corrected chi connectivity index (χ3v) is 3.26. The fourth-order valence-electron chi connectivity index (χ4n) is 0.912. The van der Waals surface area contributed by atoms with Gasteiger partial charge < -0.3 is 4.80 Å². The van der Waals surface area contributed by atoms with Gasteiger partial charge in [-0.05, 0) is 24.7 Å². The van der Waals surface area contributed by atoms with Gasteiger partial charge in [0.2, 0.25) is 8.32 Å².